The van der Waals surface area contributed by atoms with Crippen LogP contribution in [0.3, 0.4) is 0 Å². The molecule has 0 aliphatic rings. The molecule has 0 saturated heterocycles. The van der Waals surface area contributed by atoms with Crippen molar-refractivity contribution in [3.05, 3.63) is 64.7 Å². The minimum absolute atomic E-state index is 0.0357. The predicted octanol–water partition coefficient (Wildman–Crippen LogP) is 5.24. The number of anilines is 1. The lowest BCUT2D eigenvalue weighted by atomic mass is 9.96. The van der Waals surface area contributed by atoms with E-state index in [1.807, 2.05) is 26.0 Å². The van der Waals surface area contributed by atoms with E-state index in [1.165, 1.54) is 11.1 Å². The quantitative estimate of drug-likeness (QED) is 0.803. The zero-order chi connectivity index (χ0) is 17.0. The van der Waals surface area contributed by atoms with Crippen molar-refractivity contribution >= 4 is 11.6 Å². The number of hydrogen-bond acceptors (Lipinski definition) is 1. The maximum absolute atomic E-state index is 12.5. The van der Waals surface area contributed by atoms with Crippen molar-refractivity contribution in [3.8, 4) is 0 Å². The van der Waals surface area contributed by atoms with E-state index in [0.29, 0.717) is 5.92 Å². The molecule has 2 aromatic carbocycles. The van der Waals surface area contributed by atoms with E-state index in [0.717, 1.165) is 23.2 Å². The van der Waals surface area contributed by atoms with E-state index in [2.05, 4.69) is 56.4 Å². The number of carbonyl (C=O) groups excluding carboxylic acids is 1. The lowest BCUT2D eigenvalue weighted by Gasteiger charge is -2.15. The third kappa shape index (κ3) is 4.69. The summed E-state index contributed by atoms with van der Waals surface area (Å²) in [7, 11) is 0. The predicted molar refractivity (Wildman–Crippen MR) is 97.9 cm³/mol. The maximum Gasteiger partial charge on any atom is 0.231 e. The van der Waals surface area contributed by atoms with Crippen LogP contribution in [-0.4, -0.2) is 5.91 Å². The van der Waals surface area contributed by atoms with Gasteiger partial charge in [0.1, 0.15) is 0 Å². The van der Waals surface area contributed by atoms with Crippen LogP contribution in [-0.2, 0) is 11.2 Å². The standard InChI is InChI=1S/C21H27NO/c1-14(2)12-18-7-9-19(10-8-18)17(5)21(23)22-20-11-6-15(3)13-16(20)4/h6-11,13-14,17H,12H2,1-5H3,(H,22,23)/t17-/m0/s1. The van der Waals surface area contributed by atoms with E-state index in [1.54, 1.807) is 0 Å². The molecule has 2 aromatic rings. The fourth-order valence-corrected chi connectivity index (χ4v) is 2.76. The number of benzene rings is 2. The first-order valence-corrected chi connectivity index (χ1v) is 8.33. The molecule has 0 fully saturated rings. The van der Waals surface area contributed by atoms with Gasteiger partial charge in [-0.25, -0.2) is 0 Å². The van der Waals surface area contributed by atoms with Gasteiger partial charge in [0.05, 0.1) is 5.92 Å². The molecule has 2 rings (SSSR count). The van der Waals surface area contributed by atoms with Crippen molar-refractivity contribution in [2.45, 2.75) is 47.0 Å². The Morgan fingerprint density at radius 1 is 1.00 bits per heavy atom. The third-order valence-electron chi connectivity index (χ3n) is 4.16. The lowest BCUT2D eigenvalue weighted by molar-refractivity contribution is -0.117. The molecule has 0 aliphatic carbocycles. The minimum Gasteiger partial charge on any atom is -0.325 e. The Balaban J connectivity index is 2.07. The molecule has 0 radical (unpaired) electrons. The average Bonchev–Trinajstić information content (AvgIpc) is 2.49. The van der Waals surface area contributed by atoms with Gasteiger partial charge in [-0.1, -0.05) is 55.8 Å². The molecule has 122 valence electrons. The normalized spacial score (nSPS) is 12.3. The first-order chi connectivity index (χ1) is 10.9. The number of amides is 1. The van der Waals surface area contributed by atoms with E-state index in [4.69, 9.17) is 0 Å². The van der Waals surface area contributed by atoms with Crippen LogP contribution in [0.15, 0.2) is 42.5 Å². The molecular weight excluding hydrogens is 282 g/mol. The zero-order valence-corrected chi connectivity index (χ0v) is 14.8. The van der Waals surface area contributed by atoms with Crippen LogP contribution in [0.5, 0.6) is 0 Å². The smallest absolute Gasteiger partial charge is 0.231 e. The van der Waals surface area contributed by atoms with Crippen LogP contribution in [0.2, 0.25) is 0 Å². The number of carbonyl (C=O) groups is 1. The molecule has 1 atom stereocenters. The molecular formula is C21H27NO. The van der Waals surface area contributed by atoms with Crippen molar-refractivity contribution in [1.82, 2.24) is 0 Å². The van der Waals surface area contributed by atoms with Gasteiger partial charge in [-0.05, 0) is 55.9 Å². The molecule has 0 unspecified atom stereocenters. The largest absolute Gasteiger partial charge is 0.325 e. The molecule has 2 heteroatoms. The van der Waals surface area contributed by atoms with Crippen molar-refractivity contribution < 1.29 is 4.79 Å². The molecule has 0 bridgehead atoms. The maximum atomic E-state index is 12.5. The van der Waals surface area contributed by atoms with Gasteiger partial charge in [0.2, 0.25) is 5.91 Å². The third-order valence-corrected chi connectivity index (χ3v) is 4.16. The monoisotopic (exact) mass is 309 g/mol. The van der Waals surface area contributed by atoms with E-state index >= 15 is 0 Å². The van der Waals surface area contributed by atoms with Gasteiger partial charge in [0, 0.05) is 5.69 Å². The highest BCUT2D eigenvalue weighted by Gasteiger charge is 2.16. The Kier molecular flexibility index (Phi) is 5.59. The van der Waals surface area contributed by atoms with E-state index in [9.17, 15) is 4.79 Å². The van der Waals surface area contributed by atoms with Gasteiger partial charge >= 0.3 is 0 Å². The summed E-state index contributed by atoms with van der Waals surface area (Å²) in [4.78, 5) is 12.5. The lowest BCUT2D eigenvalue weighted by Crippen LogP contribution is -2.19. The highest BCUT2D eigenvalue weighted by Crippen LogP contribution is 2.22. The minimum atomic E-state index is -0.163. The summed E-state index contributed by atoms with van der Waals surface area (Å²) in [5.74, 6) is 0.517. The zero-order valence-electron chi connectivity index (χ0n) is 14.8. The summed E-state index contributed by atoms with van der Waals surface area (Å²) in [6.07, 6.45) is 1.07. The van der Waals surface area contributed by atoms with Gasteiger partial charge in [-0.2, -0.15) is 0 Å². The van der Waals surface area contributed by atoms with Crippen LogP contribution in [0.1, 0.15) is 48.9 Å². The second kappa shape index (κ2) is 7.45. The van der Waals surface area contributed by atoms with Crippen LogP contribution < -0.4 is 5.32 Å². The van der Waals surface area contributed by atoms with Gasteiger partial charge in [-0.3, -0.25) is 4.79 Å². The van der Waals surface area contributed by atoms with Crippen LogP contribution >= 0.6 is 0 Å². The summed E-state index contributed by atoms with van der Waals surface area (Å²) in [5, 5.41) is 3.04. The number of rotatable bonds is 5. The fourth-order valence-electron chi connectivity index (χ4n) is 2.76. The van der Waals surface area contributed by atoms with Crippen molar-refractivity contribution in [3.63, 3.8) is 0 Å². The van der Waals surface area contributed by atoms with Gasteiger partial charge < -0.3 is 5.32 Å². The number of aryl methyl sites for hydroxylation is 2. The Bertz CT molecular complexity index is 671. The Morgan fingerprint density at radius 3 is 2.22 bits per heavy atom. The summed E-state index contributed by atoms with van der Waals surface area (Å²) in [5.41, 5.74) is 5.57. The second-order valence-corrected chi connectivity index (χ2v) is 6.87. The molecule has 0 heterocycles. The van der Waals surface area contributed by atoms with Crippen LogP contribution in [0, 0.1) is 19.8 Å². The summed E-state index contributed by atoms with van der Waals surface area (Å²) < 4.78 is 0. The van der Waals surface area contributed by atoms with Gasteiger partial charge in [0.15, 0.2) is 0 Å². The Hall–Kier alpha value is -2.09. The van der Waals surface area contributed by atoms with Crippen LogP contribution in [0.4, 0.5) is 5.69 Å². The molecule has 0 aromatic heterocycles. The average molecular weight is 309 g/mol. The first kappa shape index (κ1) is 17.3. The number of nitrogens with one attached hydrogen (secondary N) is 1. The topological polar surface area (TPSA) is 29.1 Å². The summed E-state index contributed by atoms with van der Waals surface area (Å²) in [6, 6.07) is 14.5. The first-order valence-electron chi connectivity index (χ1n) is 8.33. The SMILES string of the molecule is Cc1ccc(NC(=O)[C@@H](C)c2ccc(CC(C)C)cc2)c(C)c1. The molecule has 0 saturated carbocycles. The summed E-state index contributed by atoms with van der Waals surface area (Å²) in [6.45, 7) is 10.5. The van der Waals surface area contributed by atoms with Crippen LogP contribution in [0.25, 0.3) is 0 Å². The summed E-state index contributed by atoms with van der Waals surface area (Å²) >= 11 is 0. The van der Waals surface area contributed by atoms with Crippen molar-refractivity contribution in [2.75, 3.05) is 5.32 Å². The molecule has 23 heavy (non-hydrogen) atoms. The fraction of sp³-hybridized carbons (Fsp3) is 0.381. The molecule has 2 nitrogen and oxygen atoms in total. The van der Waals surface area contributed by atoms with Crippen molar-refractivity contribution in [1.29, 1.82) is 0 Å². The molecule has 1 amide bonds. The van der Waals surface area contributed by atoms with Gasteiger partial charge in [0.25, 0.3) is 0 Å². The van der Waals surface area contributed by atoms with E-state index in [-0.39, 0.29) is 11.8 Å². The second-order valence-electron chi connectivity index (χ2n) is 6.87. The molecule has 0 spiro atoms. The molecule has 0 aliphatic heterocycles. The Morgan fingerprint density at radius 2 is 1.65 bits per heavy atom. The Labute approximate surface area is 139 Å². The highest BCUT2D eigenvalue weighted by molar-refractivity contribution is 5.96. The van der Waals surface area contributed by atoms with Crippen molar-refractivity contribution in [2.24, 2.45) is 5.92 Å². The molecule has 1 N–H and O–H groups in total. The van der Waals surface area contributed by atoms with Gasteiger partial charge in [-0.15, -0.1) is 0 Å². The van der Waals surface area contributed by atoms with E-state index < -0.39 is 0 Å². The highest BCUT2D eigenvalue weighted by atomic mass is 16.1. The number of hydrogen-bond donors (Lipinski definition) is 1.